The van der Waals surface area contributed by atoms with Gasteiger partial charge in [-0.25, -0.2) is 14.5 Å². The number of ether oxygens (including phenoxy) is 2. The van der Waals surface area contributed by atoms with Crippen LogP contribution < -0.4 is 5.32 Å². The number of phenolic OH excluding ortho intramolecular Hbond substituents is 1. The molecular weight excluding hydrogens is 350 g/mol. The molecule has 0 radical (unpaired) electrons. The number of aromatic hydroxyl groups is 1. The molecular formula is C19H29N3O5. The molecule has 8 heteroatoms. The second-order valence-electron chi connectivity index (χ2n) is 7.00. The van der Waals surface area contributed by atoms with E-state index in [-0.39, 0.29) is 37.3 Å². The number of nitrogens with one attached hydrogen (secondary N) is 2. The van der Waals surface area contributed by atoms with Gasteiger partial charge in [0.05, 0.1) is 13.2 Å². The summed E-state index contributed by atoms with van der Waals surface area (Å²) in [6, 6.07) is 6.54. The minimum absolute atomic E-state index is 0.130. The summed E-state index contributed by atoms with van der Waals surface area (Å²) in [7, 11) is 0. The Morgan fingerprint density at radius 2 is 1.63 bits per heavy atom. The highest BCUT2D eigenvalue weighted by molar-refractivity contribution is 5.99. The summed E-state index contributed by atoms with van der Waals surface area (Å²) < 4.78 is 10.2. The number of phenols is 1. The van der Waals surface area contributed by atoms with E-state index in [4.69, 9.17) is 14.9 Å². The minimum Gasteiger partial charge on any atom is -0.508 e. The van der Waals surface area contributed by atoms with Crippen LogP contribution in [0.3, 0.4) is 0 Å². The van der Waals surface area contributed by atoms with E-state index >= 15 is 0 Å². The number of carbonyl (C=O) groups excluding carboxylic acids is 2. The van der Waals surface area contributed by atoms with Crippen LogP contribution in [0.25, 0.3) is 0 Å². The molecule has 8 nitrogen and oxygen atoms in total. The Balaban J connectivity index is 2.73. The molecule has 0 aliphatic carbocycles. The lowest BCUT2D eigenvalue weighted by Gasteiger charge is -2.23. The molecule has 1 aromatic carbocycles. The first-order valence-corrected chi connectivity index (χ1v) is 8.93. The zero-order chi connectivity index (χ0) is 20.4. The highest BCUT2D eigenvalue weighted by atomic mass is 16.6. The summed E-state index contributed by atoms with van der Waals surface area (Å²) in [4.78, 5) is 25.2. The van der Waals surface area contributed by atoms with Crippen molar-refractivity contribution in [1.82, 2.24) is 10.2 Å². The second-order valence-corrected chi connectivity index (χ2v) is 7.00. The standard InChI is InChI=1S/C19H29N3O5/c1-13(2)11-26-18(24)21-17(20)22(19(25)27-12-14(3)4)10-9-15-5-7-16(23)8-6-15/h5-8,13-14,23H,9-12H2,1-4H3,(H2,20,21,24). The lowest BCUT2D eigenvalue weighted by molar-refractivity contribution is 0.109. The number of benzene rings is 1. The molecule has 0 heterocycles. The van der Waals surface area contributed by atoms with E-state index in [2.05, 4.69) is 5.32 Å². The van der Waals surface area contributed by atoms with Crippen LogP contribution in [0.5, 0.6) is 5.75 Å². The minimum atomic E-state index is -0.792. The molecule has 1 rings (SSSR count). The highest BCUT2D eigenvalue weighted by Crippen LogP contribution is 2.11. The molecule has 0 saturated heterocycles. The Morgan fingerprint density at radius 3 is 2.19 bits per heavy atom. The van der Waals surface area contributed by atoms with E-state index < -0.39 is 18.1 Å². The summed E-state index contributed by atoms with van der Waals surface area (Å²) in [5, 5.41) is 19.6. The number of hydrogen-bond acceptors (Lipinski definition) is 6. The molecule has 0 unspecified atom stereocenters. The summed E-state index contributed by atoms with van der Waals surface area (Å²) >= 11 is 0. The molecule has 1 aromatic rings. The number of carbonyl (C=O) groups is 2. The van der Waals surface area contributed by atoms with Gasteiger partial charge in [0.1, 0.15) is 5.75 Å². The zero-order valence-electron chi connectivity index (χ0n) is 16.3. The quantitative estimate of drug-likeness (QED) is 0.497. The maximum Gasteiger partial charge on any atom is 0.416 e. The van der Waals surface area contributed by atoms with Crippen molar-refractivity contribution in [3.8, 4) is 5.75 Å². The molecule has 0 atom stereocenters. The van der Waals surface area contributed by atoms with Crippen molar-refractivity contribution >= 4 is 18.1 Å². The largest absolute Gasteiger partial charge is 0.508 e. The molecule has 3 N–H and O–H groups in total. The molecule has 27 heavy (non-hydrogen) atoms. The molecule has 0 fully saturated rings. The van der Waals surface area contributed by atoms with Crippen molar-refractivity contribution in [3.05, 3.63) is 29.8 Å². The first-order valence-electron chi connectivity index (χ1n) is 8.93. The van der Waals surface area contributed by atoms with Gasteiger partial charge in [-0.2, -0.15) is 0 Å². The predicted octanol–water partition coefficient (Wildman–Crippen LogP) is 3.35. The van der Waals surface area contributed by atoms with Crippen molar-refractivity contribution in [2.45, 2.75) is 34.1 Å². The Morgan fingerprint density at radius 1 is 1.07 bits per heavy atom. The van der Waals surface area contributed by atoms with Crippen LogP contribution >= 0.6 is 0 Å². The lowest BCUT2D eigenvalue weighted by atomic mass is 10.1. The summed E-state index contributed by atoms with van der Waals surface area (Å²) in [6.07, 6.45) is -1.08. The predicted molar refractivity (Wildman–Crippen MR) is 102 cm³/mol. The van der Waals surface area contributed by atoms with Crippen LogP contribution in [0.2, 0.25) is 0 Å². The number of nitrogens with zero attached hydrogens (tertiary/aromatic N) is 1. The van der Waals surface area contributed by atoms with Gasteiger partial charge in [0.2, 0.25) is 5.96 Å². The first-order chi connectivity index (χ1) is 12.7. The number of hydrogen-bond donors (Lipinski definition) is 3. The third kappa shape index (κ3) is 8.94. The van der Waals surface area contributed by atoms with Crippen molar-refractivity contribution in [3.63, 3.8) is 0 Å². The SMILES string of the molecule is CC(C)COC(=O)NC(=N)N(CCc1ccc(O)cc1)C(=O)OCC(C)C. The third-order valence-electron chi connectivity index (χ3n) is 3.36. The zero-order valence-corrected chi connectivity index (χ0v) is 16.3. The van der Waals surface area contributed by atoms with E-state index in [9.17, 15) is 14.7 Å². The second kappa shape index (κ2) is 11.1. The van der Waals surface area contributed by atoms with Gasteiger partial charge in [0.15, 0.2) is 0 Å². The van der Waals surface area contributed by atoms with E-state index in [1.807, 2.05) is 27.7 Å². The Kier molecular flexibility index (Phi) is 9.12. The lowest BCUT2D eigenvalue weighted by Crippen LogP contribution is -2.48. The van der Waals surface area contributed by atoms with E-state index in [0.29, 0.717) is 6.42 Å². The van der Waals surface area contributed by atoms with Crippen molar-refractivity contribution < 1.29 is 24.2 Å². The maximum atomic E-state index is 12.3. The molecule has 0 aliphatic heterocycles. The fourth-order valence-electron chi connectivity index (χ4n) is 1.96. The summed E-state index contributed by atoms with van der Waals surface area (Å²) in [5.41, 5.74) is 0.865. The van der Waals surface area contributed by atoms with Crippen LogP contribution in [-0.4, -0.2) is 47.9 Å². The van der Waals surface area contributed by atoms with Crippen LogP contribution in [0.1, 0.15) is 33.3 Å². The number of rotatable bonds is 7. The first kappa shape index (κ1) is 22.3. The molecule has 0 aromatic heterocycles. The van der Waals surface area contributed by atoms with Crippen LogP contribution in [-0.2, 0) is 15.9 Å². The van der Waals surface area contributed by atoms with Crippen molar-refractivity contribution in [2.75, 3.05) is 19.8 Å². The Bertz CT molecular complexity index is 629. The summed E-state index contributed by atoms with van der Waals surface area (Å²) in [5.74, 6) is 0.0446. The average Bonchev–Trinajstić information content (AvgIpc) is 2.59. The van der Waals surface area contributed by atoms with Gasteiger partial charge in [-0.3, -0.25) is 10.7 Å². The van der Waals surface area contributed by atoms with Gasteiger partial charge < -0.3 is 14.6 Å². The number of guanidine groups is 1. The molecule has 150 valence electrons. The van der Waals surface area contributed by atoms with Gasteiger partial charge in [-0.15, -0.1) is 0 Å². The van der Waals surface area contributed by atoms with Crippen LogP contribution in [0, 0.1) is 17.2 Å². The third-order valence-corrected chi connectivity index (χ3v) is 3.36. The van der Waals surface area contributed by atoms with Gasteiger partial charge in [-0.1, -0.05) is 39.8 Å². The van der Waals surface area contributed by atoms with Crippen LogP contribution in [0.15, 0.2) is 24.3 Å². The molecule has 0 bridgehead atoms. The number of alkyl carbamates (subject to hydrolysis) is 1. The Labute approximate surface area is 160 Å². The van der Waals surface area contributed by atoms with Crippen LogP contribution in [0.4, 0.5) is 9.59 Å². The average molecular weight is 379 g/mol. The smallest absolute Gasteiger partial charge is 0.416 e. The molecule has 0 spiro atoms. The normalized spacial score (nSPS) is 10.6. The molecule has 2 amide bonds. The fraction of sp³-hybridized carbons (Fsp3) is 0.526. The maximum absolute atomic E-state index is 12.3. The number of amides is 2. The monoisotopic (exact) mass is 379 g/mol. The fourth-order valence-corrected chi connectivity index (χ4v) is 1.96. The van der Waals surface area contributed by atoms with Crippen molar-refractivity contribution in [2.24, 2.45) is 11.8 Å². The topological polar surface area (TPSA) is 112 Å². The van der Waals surface area contributed by atoms with E-state index in [1.54, 1.807) is 24.3 Å². The summed E-state index contributed by atoms with van der Waals surface area (Å²) in [6.45, 7) is 8.15. The molecule has 0 saturated carbocycles. The molecule has 0 aliphatic rings. The van der Waals surface area contributed by atoms with Crippen molar-refractivity contribution in [1.29, 1.82) is 5.41 Å². The van der Waals surface area contributed by atoms with E-state index in [0.717, 1.165) is 10.5 Å². The highest BCUT2D eigenvalue weighted by Gasteiger charge is 2.22. The van der Waals surface area contributed by atoms with E-state index in [1.165, 1.54) is 0 Å². The van der Waals surface area contributed by atoms with Gasteiger partial charge in [-0.05, 0) is 36.0 Å². The van der Waals surface area contributed by atoms with Gasteiger partial charge >= 0.3 is 12.2 Å². The Hall–Kier alpha value is -2.77. The van der Waals surface area contributed by atoms with Gasteiger partial charge in [0, 0.05) is 6.54 Å². The van der Waals surface area contributed by atoms with Gasteiger partial charge in [0.25, 0.3) is 0 Å².